The van der Waals surface area contributed by atoms with E-state index in [1.807, 2.05) is 0 Å². The van der Waals surface area contributed by atoms with Crippen LogP contribution in [0.5, 0.6) is 5.75 Å². The van der Waals surface area contributed by atoms with Gasteiger partial charge in [-0.05, 0) is 24.3 Å². The van der Waals surface area contributed by atoms with Gasteiger partial charge in [0.25, 0.3) is 0 Å². The topological polar surface area (TPSA) is 92.9 Å². The van der Waals surface area contributed by atoms with Crippen LogP contribution < -0.4 is 9.75 Å². The van der Waals surface area contributed by atoms with Crippen molar-refractivity contribution in [3.8, 4) is 5.75 Å². The van der Waals surface area contributed by atoms with Crippen molar-refractivity contribution >= 4 is 17.5 Å². The van der Waals surface area contributed by atoms with Gasteiger partial charge in [0.05, 0.1) is 0 Å². The van der Waals surface area contributed by atoms with Crippen LogP contribution in [0, 0.1) is 10.1 Å². The zero-order valence-electron chi connectivity index (χ0n) is 10.2. The predicted molar refractivity (Wildman–Crippen MR) is 70.7 cm³/mol. The number of hydrazine groups is 1. The molecule has 0 saturated heterocycles. The molecule has 0 heterocycles. The molecule has 0 amide bonds. The second-order valence-electron chi connectivity index (χ2n) is 3.72. The van der Waals surface area contributed by atoms with Gasteiger partial charge in [-0.25, -0.2) is 14.9 Å². The normalized spacial score (nSPS) is 9.80. The van der Waals surface area contributed by atoms with E-state index in [2.05, 4.69) is 4.74 Å². The van der Waals surface area contributed by atoms with E-state index in [0.29, 0.717) is 5.69 Å². The van der Waals surface area contributed by atoms with Crippen LogP contribution in [0.4, 0.5) is 16.2 Å². The van der Waals surface area contributed by atoms with E-state index in [1.165, 1.54) is 18.2 Å². The largest absolute Gasteiger partial charge is 0.511 e. The first-order valence-corrected chi connectivity index (χ1v) is 5.59. The van der Waals surface area contributed by atoms with Gasteiger partial charge in [-0.1, -0.05) is 35.3 Å². The van der Waals surface area contributed by atoms with E-state index in [1.54, 1.807) is 36.4 Å². The molecule has 2 aromatic rings. The summed E-state index contributed by atoms with van der Waals surface area (Å²) < 4.78 is 4.57. The van der Waals surface area contributed by atoms with Crippen LogP contribution in [0.2, 0.25) is 0 Å². The van der Waals surface area contributed by atoms with Crippen molar-refractivity contribution in [1.29, 1.82) is 0 Å². The predicted octanol–water partition coefficient (Wildman–Crippen LogP) is 3.07. The minimum absolute atomic E-state index is 0.0334. The molecule has 1 N–H and O–H groups in total. The van der Waals surface area contributed by atoms with E-state index in [9.17, 15) is 14.9 Å². The van der Waals surface area contributed by atoms with Crippen molar-refractivity contribution in [2.75, 3.05) is 5.01 Å². The highest BCUT2D eigenvalue weighted by molar-refractivity contribution is 5.71. The van der Waals surface area contributed by atoms with Gasteiger partial charge in [0, 0.05) is 0 Å². The van der Waals surface area contributed by atoms with E-state index in [-0.39, 0.29) is 11.4 Å². The number of carboxylic acid groups (broad SMARTS) is 1. The van der Waals surface area contributed by atoms with Gasteiger partial charge < -0.3 is 9.84 Å². The maximum Gasteiger partial charge on any atom is 0.511 e. The van der Waals surface area contributed by atoms with Crippen molar-refractivity contribution in [2.45, 2.75) is 0 Å². The molecule has 0 aliphatic carbocycles. The Hall–Kier alpha value is -3.09. The van der Waals surface area contributed by atoms with E-state index in [0.717, 1.165) is 5.01 Å². The molecular weight excluding hydrogens is 264 g/mol. The zero-order valence-corrected chi connectivity index (χ0v) is 10.2. The molecule has 0 saturated carbocycles. The summed E-state index contributed by atoms with van der Waals surface area (Å²) in [6.07, 6.45) is -1.53. The number of anilines is 2. The van der Waals surface area contributed by atoms with Gasteiger partial charge in [0.2, 0.25) is 0 Å². The van der Waals surface area contributed by atoms with Gasteiger partial charge in [0.15, 0.2) is 16.5 Å². The number of hydrogen-bond donors (Lipinski definition) is 1. The molecule has 0 aliphatic rings. The summed E-state index contributed by atoms with van der Waals surface area (Å²) >= 11 is 0. The molecule has 0 spiro atoms. The molecule has 2 aromatic carbocycles. The van der Waals surface area contributed by atoms with Gasteiger partial charge in [-0.15, -0.1) is 0 Å². The van der Waals surface area contributed by atoms with Crippen molar-refractivity contribution in [3.05, 3.63) is 64.7 Å². The minimum Gasteiger partial charge on any atom is -0.449 e. The van der Waals surface area contributed by atoms with Crippen molar-refractivity contribution < 1.29 is 19.7 Å². The van der Waals surface area contributed by atoms with Crippen molar-refractivity contribution in [2.24, 2.45) is 0 Å². The number of nitro groups is 1. The number of ether oxygens (including phenoxy) is 1. The highest BCUT2D eigenvalue weighted by Gasteiger charge is 2.24. The molecule has 20 heavy (non-hydrogen) atoms. The quantitative estimate of drug-likeness (QED) is 0.398. The molecular formula is C13H10N2O5. The molecule has 7 nitrogen and oxygen atoms in total. The molecule has 0 aliphatic heterocycles. The minimum atomic E-state index is -1.53. The number of para-hydroxylation sites is 3. The lowest BCUT2D eigenvalue weighted by Gasteiger charge is -2.16. The summed E-state index contributed by atoms with van der Waals surface area (Å²) in [6.45, 7) is 0. The third-order valence-electron chi connectivity index (χ3n) is 2.45. The SMILES string of the molecule is O=C(O)Oc1ccccc1N(c1ccccc1)[N+](=O)[O-]. The molecule has 0 radical (unpaired) electrons. The maximum atomic E-state index is 11.3. The second-order valence-corrected chi connectivity index (χ2v) is 3.72. The molecule has 2 rings (SSSR count). The fourth-order valence-corrected chi connectivity index (χ4v) is 1.70. The van der Waals surface area contributed by atoms with Crippen LogP contribution in [-0.4, -0.2) is 16.3 Å². The molecule has 0 bridgehead atoms. The van der Waals surface area contributed by atoms with Crippen LogP contribution in [0.3, 0.4) is 0 Å². The lowest BCUT2D eigenvalue weighted by Crippen LogP contribution is -2.25. The summed E-state index contributed by atoms with van der Waals surface area (Å²) in [7, 11) is 0. The second kappa shape index (κ2) is 5.70. The Morgan fingerprint density at radius 1 is 1.10 bits per heavy atom. The van der Waals surface area contributed by atoms with Gasteiger partial charge in [-0.3, -0.25) is 0 Å². The lowest BCUT2D eigenvalue weighted by atomic mass is 10.2. The smallest absolute Gasteiger partial charge is 0.449 e. The number of rotatable bonds is 4. The van der Waals surface area contributed by atoms with E-state index < -0.39 is 11.2 Å². The Morgan fingerprint density at radius 2 is 1.70 bits per heavy atom. The average molecular weight is 274 g/mol. The third-order valence-corrected chi connectivity index (χ3v) is 2.45. The van der Waals surface area contributed by atoms with Gasteiger partial charge in [-0.2, -0.15) is 0 Å². The van der Waals surface area contributed by atoms with Crippen LogP contribution in [0.25, 0.3) is 0 Å². The van der Waals surface area contributed by atoms with Gasteiger partial charge in [0.1, 0.15) is 5.69 Å². The Balaban J connectivity index is 2.51. The van der Waals surface area contributed by atoms with Crippen molar-refractivity contribution in [1.82, 2.24) is 0 Å². The average Bonchev–Trinajstić information content (AvgIpc) is 2.41. The number of nitrogens with zero attached hydrogens (tertiary/aromatic N) is 2. The first-order valence-electron chi connectivity index (χ1n) is 5.59. The summed E-state index contributed by atoms with van der Waals surface area (Å²) in [5.41, 5.74) is 0.324. The Kier molecular flexibility index (Phi) is 3.80. The fraction of sp³-hybridized carbons (Fsp3) is 0. The molecule has 0 aromatic heterocycles. The van der Waals surface area contributed by atoms with Gasteiger partial charge >= 0.3 is 6.16 Å². The van der Waals surface area contributed by atoms with Crippen LogP contribution in [0.1, 0.15) is 0 Å². The Morgan fingerprint density at radius 3 is 2.30 bits per heavy atom. The van der Waals surface area contributed by atoms with Crippen LogP contribution in [0.15, 0.2) is 54.6 Å². The lowest BCUT2D eigenvalue weighted by molar-refractivity contribution is -0.483. The number of carbonyl (C=O) groups is 1. The van der Waals surface area contributed by atoms with E-state index in [4.69, 9.17) is 5.11 Å². The Bertz CT molecular complexity index is 630. The monoisotopic (exact) mass is 274 g/mol. The molecule has 7 heteroatoms. The number of benzene rings is 2. The molecule has 0 fully saturated rings. The van der Waals surface area contributed by atoms with Crippen LogP contribution >= 0.6 is 0 Å². The number of hydrogen-bond acceptors (Lipinski definition) is 4. The Labute approximate surface area is 113 Å². The summed E-state index contributed by atoms with van der Waals surface area (Å²) in [6, 6.07) is 14.0. The van der Waals surface area contributed by atoms with Crippen LogP contribution in [-0.2, 0) is 0 Å². The fourth-order valence-electron chi connectivity index (χ4n) is 1.70. The van der Waals surface area contributed by atoms with E-state index >= 15 is 0 Å². The molecule has 0 unspecified atom stereocenters. The van der Waals surface area contributed by atoms with Crippen molar-refractivity contribution in [3.63, 3.8) is 0 Å². The summed E-state index contributed by atoms with van der Waals surface area (Å²) in [5.74, 6) is -0.111. The molecule has 0 atom stereocenters. The highest BCUT2D eigenvalue weighted by Crippen LogP contribution is 2.33. The third kappa shape index (κ3) is 2.83. The maximum absolute atomic E-state index is 11.3. The summed E-state index contributed by atoms with van der Waals surface area (Å²) in [5, 5.41) is 20.1. The summed E-state index contributed by atoms with van der Waals surface area (Å²) in [4.78, 5) is 21.9. The standard InChI is InChI=1S/C13H10N2O5/c16-13(17)20-12-9-5-4-8-11(12)14(15(18)19)10-6-2-1-3-7-10/h1-9H,(H,16,17). The first-order chi connectivity index (χ1) is 9.59. The highest BCUT2D eigenvalue weighted by atomic mass is 16.7. The first kappa shape index (κ1) is 13.3. The molecule has 102 valence electrons. The zero-order chi connectivity index (χ0) is 14.5.